The fourth-order valence-electron chi connectivity index (χ4n) is 0.522. The third kappa shape index (κ3) is 4.28. The molecule has 66 valence electrons. The van der Waals surface area contributed by atoms with E-state index in [1.807, 2.05) is 0 Å². The Balaban J connectivity index is 2.13. The highest BCUT2D eigenvalue weighted by Crippen LogP contribution is 2.02. The molecule has 0 spiro atoms. The summed E-state index contributed by atoms with van der Waals surface area (Å²) in [5, 5.41) is 13.0. The normalized spacial score (nSPS) is 26.7. The van der Waals surface area contributed by atoms with Crippen molar-refractivity contribution < 1.29 is 15.1 Å². The van der Waals surface area contributed by atoms with Crippen molar-refractivity contribution in [3.05, 3.63) is 5.21 Å². The van der Waals surface area contributed by atoms with Crippen LogP contribution in [0.25, 0.3) is 0 Å². The molecule has 1 heterocycles. The maximum Gasteiger partial charge on any atom is 0.185 e. The largest absolute Gasteiger partial charge is 0.566 e. The summed E-state index contributed by atoms with van der Waals surface area (Å²) in [6, 6.07) is 0. The lowest BCUT2D eigenvalue weighted by Gasteiger charge is -2.24. The Labute approximate surface area is 65.8 Å². The van der Waals surface area contributed by atoms with E-state index in [-0.39, 0.29) is 6.23 Å². The number of hydrogen-bond acceptors (Lipinski definition) is 4. The number of hydrogen-bond donors (Lipinski definition) is 2. The lowest BCUT2D eigenvalue weighted by Crippen LogP contribution is -3.07. The van der Waals surface area contributed by atoms with Crippen LogP contribution in [0.4, 0.5) is 0 Å². The first kappa shape index (κ1) is 8.89. The SMILES string of the molecule is CC(C)(C)O[NH+]([O-])OC1CN1. The van der Waals surface area contributed by atoms with Crippen molar-refractivity contribution in [2.24, 2.45) is 0 Å². The van der Waals surface area contributed by atoms with Crippen LogP contribution in [0.2, 0.25) is 0 Å². The summed E-state index contributed by atoms with van der Waals surface area (Å²) in [6.45, 7) is 6.14. The second-order valence-electron chi connectivity index (χ2n) is 3.48. The van der Waals surface area contributed by atoms with Gasteiger partial charge < -0.3 is 5.21 Å². The monoisotopic (exact) mass is 162 g/mol. The van der Waals surface area contributed by atoms with E-state index in [0.717, 1.165) is 6.54 Å². The first-order valence-corrected chi connectivity index (χ1v) is 3.60. The van der Waals surface area contributed by atoms with Gasteiger partial charge >= 0.3 is 0 Å². The van der Waals surface area contributed by atoms with E-state index in [9.17, 15) is 5.21 Å². The molecule has 0 bridgehead atoms. The van der Waals surface area contributed by atoms with Crippen LogP contribution in [0.1, 0.15) is 20.8 Å². The van der Waals surface area contributed by atoms with Crippen molar-refractivity contribution in [2.75, 3.05) is 6.54 Å². The second kappa shape index (κ2) is 3.04. The minimum atomic E-state index is -0.604. The van der Waals surface area contributed by atoms with Gasteiger partial charge in [-0.2, -0.15) is 4.84 Å². The number of nitrogens with one attached hydrogen (secondary N) is 2. The van der Waals surface area contributed by atoms with Crippen molar-refractivity contribution in [3.8, 4) is 0 Å². The predicted molar refractivity (Wildman–Crippen MR) is 38.0 cm³/mol. The van der Waals surface area contributed by atoms with Crippen LogP contribution in [-0.4, -0.2) is 18.4 Å². The van der Waals surface area contributed by atoms with Crippen LogP contribution >= 0.6 is 0 Å². The van der Waals surface area contributed by atoms with Crippen LogP contribution in [0.5, 0.6) is 0 Å². The van der Waals surface area contributed by atoms with E-state index in [4.69, 9.17) is 9.68 Å². The fourth-order valence-corrected chi connectivity index (χ4v) is 0.522. The summed E-state index contributed by atoms with van der Waals surface area (Å²) < 4.78 is 0. The summed E-state index contributed by atoms with van der Waals surface area (Å²) in [6.07, 6.45) is -0.121. The van der Waals surface area contributed by atoms with Gasteiger partial charge in [-0.15, -0.1) is 4.84 Å². The molecule has 0 aromatic heterocycles. The summed E-state index contributed by atoms with van der Waals surface area (Å²) >= 11 is 0. The standard InChI is InChI=1S/C6H14N2O3/c1-6(2,3)11-8(9)10-5-4-7-5/h5,7-8H,4H2,1-3H3. The molecule has 0 aliphatic carbocycles. The van der Waals surface area contributed by atoms with Gasteiger partial charge in [0.25, 0.3) is 0 Å². The Kier molecular flexibility index (Phi) is 2.46. The Hall–Kier alpha value is -0.200. The summed E-state index contributed by atoms with van der Waals surface area (Å²) in [5.74, 6) is 0. The van der Waals surface area contributed by atoms with Gasteiger partial charge in [0, 0.05) is 6.54 Å². The Morgan fingerprint density at radius 1 is 1.55 bits per heavy atom. The second-order valence-corrected chi connectivity index (χ2v) is 3.48. The summed E-state index contributed by atoms with van der Waals surface area (Å²) in [7, 11) is 0. The lowest BCUT2D eigenvalue weighted by molar-refractivity contribution is -1.22. The number of rotatable bonds is 3. The maximum atomic E-state index is 10.8. The van der Waals surface area contributed by atoms with Crippen LogP contribution in [0.15, 0.2) is 0 Å². The molecule has 11 heavy (non-hydrogen) atoms. The van der Waals surface area contributed by atoms with E-state index in [0.29, 0.717) is 0 Å². The molecule has 5 heteroatoms. The van der Waals surface area contributed by atoms with Crippen molar-refractivity contribution in [1.82, 2.24) is 5.32 Å². The minimum Gasteiger partial charge on any atom is -0.566 e. The number of quaternary nitrogens is 1. The molecule has 1 saturated heterocycles. The molecule has 1 rings (SSSR count). The predicted octanol–water partition coefficient (Wildman–Crippen LogP) is -1.04. The Morgan fingerprint density at radius 3 is 2.45 bits per heavy atom. The third-order valence-electron chi connectivity index (χ3n) is 0.999. The fraction of sp³-hybridized carbons (Fsp3) is 1.00. The van der Waals surface area contributed by atoms with Crippen molar-refractivity contribution in [2.45, 2.75) is 32.6 Å². The van der Waals surface area contributed by atoms with Gasteiger partial charge in [0.1, 0.15) is 5.60 Å². The van der Waals surface area contributed by atoms with Crippen molar-refractivity contribution in [3.63, 3.8) is 0 Å². The molecule has 2 unspecified atom stereocenters. The molecule has 1 aliphatic heterocycles. The highest BCUT2D eigenvalue weighted by molar-refractivity contribution is 4.69. The van der Waals surface area contributed by atoms with Crippen LogP contribution in [0.3, 0.4) is 0 Å². The molecule has 2 N–H and O–H groups in total. The zero-order valence-electron chi connectivity index (χ0n) is 7.01. The first-order valence-electron chi connectivity index (χ1n) is 3.60. The molecule has 0 aromatic carbocycles. The molecule has 1 aliphatic rings. The quantitative estimate of drug-likeness (QED) is 0.411. The van der Waals surface area contributed by atoms with E-state index in [1.165, 1.54) is 0 Å². The average molecular weight is 162 g/mol. The molecule has 1 fully saturated rings. The van der Waals surface area contributed by atoms with Gasteiger partial charge in [0.15, 0.2) is 6.23 Å². The van der Waals surface area contributed by atoms with Gasteiger partial charge in [-0.3, -0.25) is 5.32 Å². The zero-order valence-corrected chi connectivity index (χ0v) is 7.01. The van der Waals surface area contributed by atoms with Gasteiger partial charge in [-0.25, -0.2) is 0 Å². The van der Waals surface area contributed by atoms with E-state index in [1.54, 1.807) is 20.8 Å². The summed E-state index contributed by atoms with van der Waals surface area (Å²) in [4.78, 5) is 9.65. The third-order valence-corrected chi connectivity index (χ3v) is 0.999. The van der Waals surface area contributed by atoms with E-state index in [2.05, 4.69) is 5.32 Å². The van der Waals surface area contributed by atoms with Crippen molar-refractivity contribution >= 4 is 0 Å². The van der Waals surface area contributed by atoms with Crippen LogP contribution < -0.4 is 10.7 Å². The molecular weight excluding hydrogens is 148 g/mol. The molecular formula is C6H14N2O3. The highest BCUT2D eigenvalue weighted by Gasteiger charge is 2.27. The smallest absolute Gasteiger partial charge is 0.185 e. The Morgan fingerprint density at radius 2 is 2.09 bits per heavy atom. The topological polar surface area (TPSA) is 67.9 Å². The maximum absolute atomic E-state index is 10.8. The first-order chi connectivity index (χ1) is 4.97. The molecule has 0 aromatic rings. The van der Waals surface area contributed by atoms with Crippen LogP contribution in [-0.2, 0) is 9.68 Å². The van der Waals surface area contributed by atoms with Gasteiger partial charge in [0.05, 0.1) is 0 Å². The highest BCUT2D eigenvalue weighted by atomic mass is 17.1. The van der Waals surface area contributed by atoms with Crippen molar-refractivity contribution in [1.29, 1.82) is 0 Å². The van der Waals surface area contributed by atoms with Gasteiger partial charge in [0.2, 0.25) is 0 Å². The molecule has 0 amide bonds. The molecule has 5 nitrogen and oxygen atoms in total. The molecule has 0 saturated carbocycles. The average Bonchev–Trinajstić information content (AvgIpc) is 2.42. The minimum absolute atomic E-state index is 0.121. The van der Waals surface area contributed by atoms with E-state index >= 15 is 0 Å². The zero-order chi connectivity index (χ0) is 8.48. The van der Waals surface area contributed by atoms with Crippen LogP contribution in [0, 0.1) is 5.21 Å². The van der Waals surface area contributed by atoms with Gasteiger partial charge in [-0.1, -0.05) is 5.39 Å². The summed E-state index contributed by atoms with van der Waals surface area (Å²) in [5.41, 5.74) is -0.466. The Bertz CT molecular complexity index is 130. The van der Waals surface area contributed by atoms with E-state index < -0.39 is 11.0 Å². The lowest BCUT2D eigenvalue weighted by atomic mass is 10.2. The molecule has 0 radical (unpaired) electrons. The van der Waals surface area contributed by atoms with Gasteiger partial charge in [-0.05, 0) is 20.8 Å². The molecule has 2 atom stereocenters.